The van der Waals surface area contributed by atoms with Crippen molar-refractivity contribution >= 4 is 33.3 Å². The van der Waals surface area contributed by atoms with Crippen LogP contribution in [-0.2, 0) is 14.8 Å². The summed E-state index contributed by atoms with van der Waals surface area (Å²) in [4.78, 5) is 23.5. The minimum absolute atomic E-state index is 0.321. The van der Waals surface area contributed by atoms with Gasteiger partial charge >= 0.3 is 5.97 Å². The van der Waals surface area contributed by atoms with Gasteiger partial charge in [-0.2, -0.15) is 10.2 Å². The van der Waals surface area contributed by atoms with Crippen molar-refractivity contribution in [3.8, 4) is 0 Å². The number of benzene rings is 2. The molecule has 154 valence electrons. The van der Waals surface area contributed by atoms with Crippen molar-refractivity contribution in [2.45, 2.75) is 30.9 Å². The second-order valence-electron chi connectivity index (χ2n) is 6.23. The molecule has 1 amide bonds. The van der Waals surface area contributed by atoms with Gasteiger partial charge in [-0.3, -0.25) is 4.79 Å². The number of aryl methyl sites for hydroxylation is 1. The van der Waals surface area contributed by atoms with E-state index in [2.05, 4.69) is 15.5 Å². The molecule has 0 fully saturated rings. The maximum absolute atomic E-state index is 12.5. The Morgan fingerprint density at radius 3 is 2.38 bits per heavy atom. The zero-order valence-corrected chi connectivity index (χ0v) is 16.4. The average Bonchev–Trinajstić information content (AvgIpc) is 2.62. The molecule has 10 nitrogen and oxygen atoms in total. The van der Waals surface area contributed by atoms with Gasteiger partial charge in [-0.15, -0.1) is 0 Å². The maximum atomic E-state index is 12.5. The van der Waals surface area contributed by atoms with Crippen molar-refractivity contribution < 1.29 is 28.2 Å². The lowest BCUT2D eigenvalue weighted by atomic mass is 10.1. The quantitative estimate of drug-likeness (QED) is 0.497. The Balaban J connectivity index is 2.38. The van der Waals surface area contributed by atoms with Crippen LogP contribution in [-0.4, -0.2) is 42.7 Å². The number of carboxylic acids is 1. The van der Waals surface area contributed by atoms with Gasteiger partial charge in [0.15, 0.2) is 6.04 Å². The number of amides is 1. The number of carboxylic acid groups (broad SMARTS) is 1. The highest BCUT2D eigenvalue weighted by Gasteiger charge is 2.24. The molecule has 0 aliphatic carbocycles. The van der Waals surface area contributed by atoms with E-state index in [-0.39, 0.29) is 16.1 Å². The van der Waals surface area contributed by atoms with E-state index in [9.17, 15) is 28.2 Å². The molecule has 0 aromatic heterocycles. The highest BCUT2D eigenvalue weighted by Crippen LogP contribution is 2.24. The van der Waals surface area contributed by atoms with Crippen LogP contribution in [0.2, 0.25) is 0 Å². The highest BCUT2D eigenvalue weighted by molar-refractivity contribution is 7.89. The smallest absolute Gasteiger partial charge is 0.337 e. The van der Waals surface area contributed by atoms with E-state index < -0.39 is 34.0 Å². The molecule has 11 heteroatoms. The van der Waals surface area contributed by atoms with Gasteiger partial charge in [0.2, 0.25) is 10.0 Å². The van der Waals surface area contributed by atoms with Gasteiger partial charge in [0.25, 0.3) is 5.91 Å². The Kier molecular flexibility index (Phi) is 6.80. The van der Waals surface area contributed by atoms with E-state index in [1.807, 2.05) is 0 Å². The highest BCUT2D eigenvalue weighted by atomic mass is 32.2. The normalized spacial score (nSPS) is 13.8. The van der Waals surface area contributed by atoms with Crippen LogP contribution in [0.1, 0.15) is 22.8 Å². The van der Waals surface area contributed by atoms with Crippen molar-refractivity contribution in [1.29, 1.82) is 0 Å². The lowest BCUT2D eigenvalue weighted by Crippen LogP contribution is -2.35. The fraction of sp³-hybridized carbons (Fsp3) is 0.222. The number of anilines is 1. The number of nitrogens with one attached hydrogen (secondary N) is 1. The first-order chi connectivity index (χ1) is 13.5. The number of hydrogen-bond acceptors (Lipinski definition) is 7. The summed E-state index contributed by atoms with van der Waals surface area (Å²) in [7, 11) is -4.11. The molecule has 0 aliphatic heterocycles. The first-order valence-corrected chi connectivity index (χ1v) is 9.91. The minimum Gasteiger partial charge on any atom is -0.478 e. The minimum atomic E-state index is -4.11. The standard InChI is InChI=1S/C18H20N4O6S/c1-10-5-3-4-6-14(10)20-17(24)16(11(2)23)22-21-15-9-12(29(19,27)28)7-8-13(15)18(25)26/h3-9,11,16,23H,1-2H3,(H,20,24)(H,25,26)(H2,19,27,28). The summed E-state index contributed by atoms with van der Waals surface area (Å²) < 4.78 is 23.0. The number of azo groups is 1. The van der Waals surface area contributed by atoms with Gasteiger partial charge in [-0.25, -0.2) is 18.4 Å². The number of nitrogens with zero attached hydrogens (tertiary/aromatic N) is 2. The monoisotopic (exact) mass is 420 g/mol. The first kappa shape index (κ1) is 22.1. The zero-order valence-electron chi connectivity index (χ0n) is 15.6. The third kappa shape index (κ3) is 5.67. The van der Waals surface area contributed by atoms with E-state index in [1.165, 1.54) is 6.92 Å². The van der Waals surface area contributed by atoms with Crippen molar-refractivity contribution in [2.75, 3.05) is 5.32 Å². The van der Waals surface area contributed by atoms with E-state index in [0.717, 1.165) is 23.8 Å². The molecule has 0 saturated carbocycles. The number of sulfonamides is 1. The second kappa shape index (κ2) is 8.90. The number of para-hydroxylation sites is 1. The molecule has 0 bridgehead atoms. The Labute approximate surface area is 167 Å². The van der Waals surface area contributed by atoms with E-state index >= 15 is 0 Å². The molecule has 0 saturated heterocycles. The Bertz CT molecular complexity index is 1070. The van der Waals surface area contributed by atoms with Crippen LogP contribution in [0.25, 0.3) is 0 Å². The lowest BCUT2D eigenvalue weighted by Gasteiger charge is -2.15. The molecule has 2 aromatic rings. The van der Waals surface area contributed by atoms with Gasteiger partial charge < -0.3 is 15.5 Å². The zero-order chi connectivity index (χ0) is 21.8. The van der Waals surface area contributed by atoms with Gasteiger partial charge in [0.1, 0.15) is 5.69 Å². The summed E-state index contributed by atoms with van der Waals surface area (Å²) in [6, 6.07) is 8.57. The average molecular weight is 420 g/mol. The summed E-state index contributed by atoms with van der Waals surface area (Å²) in [6.07, 6.45) is -1.25. The Morgan fingerprint density at radius 1 is 1.17 bits per heavy atom. The third-order valence-electron chi connectivity index (χ3n) is 3.95. The molecule has 5 N–H and O–H groups in total. The summed E-state index contributed by atoms with van der Waals surface area (Å²) in [5.74, 6) is -2.05. The predicted octanol–water partition coefficient (Wildman–Crippen LogP) is 1.81. The van der Waals surface area contributed by atoms with Crippen LogP contribution in [0.5, 0.6) is 0 Å². The molecule has 0 heterocycles. The number of aliphatic hydroxyl groups excluding tert-OH is 1. The number of carbonyl (C=O) groups is 2. The molecule has 0 spiro atoms. The fourth-order valence-corrected chi connectivity index (χ4v) is 2.90. The van der Waals surface area contributed by atoms with Crippen molar-refractivity contribution in [1.82, 2.24) is 0 Å². The SMILES string of the molecule is Cc1ccccc1NC(=O)C(N=Nc1cc(S(N)(=O)=O)ccc1C(=O)O)C(C)O. The van der Waals surface area contributed by atoms with Crippen molar-refractivity contribution in [3.63, 3.8) is 0 Å². The summed E-state index contributed by atoms with van der Waals surface area (Å²) in [5.41, 5.74) is 0.639. The number of carbonyl (C=O) groups excluding carboxylic acids is 1. The molecular weight excluding hydrogens is 400 g/mol. The van der Waals surface area contributed by atoms with Crippen molar-refractivity contribution in [3.05, 3.63) is 53.6 Å². The molecular formula is C18H20N4O6S. The number of primary sulfonamides is 1. The van der Waals surface area contributed by atoms with Crippen LogP contribution < -0.4 is 10.5 Å². The molecule has 2 aromatic carbocycles. The summed E-state index contributed by atoms with van der Waals surface area (Å²) in [6.45, 7) is 3.10. The van der Waals surface area contributed by atoms with Gasteiger partial charge in [0.05, 0.1) is 16.6 Å². The molecule has 29 heavy (non-hydrogen) atoms. The number of nitrogens with two attached hydrogens (primary N) is 1. The van der Waals surface area contributed by atoms with Crippen LogP contribution in [0.3, 0.4) is 0 Å². The fourth-order valence-electron chi connectivity index (χ4n) is 2.36. The van der Waals surface area contributed by atoms with Crippen LogP contribution in [0.15, 0.2) is 57.6 Å². The van der Waals surface area contributed by atoms with E-state index in [1.54, 1.807) is 31.2 Å². The lowest BCUT2D eigenvalue weighted by molar-refractivity contribution is -0.119. The molecule has 0 radical (unpaired) electrons. The number of aliphatic hydroxyl groups is 1. The van der Waals surface area contributed by atoms with Crippen LogP contribution in [0.4, 0.5) is 11.4 Å². The molecule has 2 rings (SSSR count). The van der Waals surface area contributed by atoms with E-state index in [0.29, 0.717) is 5.69 Å². The Hall–Kier alpha value is -3.15. The van der Waals surface area contributed by atoms with Gasteiger partial charge in [-0.05, 0) is 43.7 Å². The third-order valence-corrected chi connectivity index (χ3v) is 4.86. The van der Waals surface area contributed by atoms with Gasteiger partial charge in [-0.1, -0.05) is 18.2 Å². The number of hydrogen-bond donors (Lipinski definition) is 4. The van der Waals surface area contributed by atoms with Crippen LogP contribution in [0, 0.1) is 6.92 Å². The number of rotatable bonds is 7. The predicted molar refractivity (Wildman–Crippen MR) is 105 cm³/mol. The largest absolute Gasteiger partial charge is 0.478 e. The second-order valence-corrected chi connectivity index (χ2v) is 7.80. The maximum Gasteiger partial charge on any atom is 0.337 e. The summed E-state index contributed by atoms with van der Waals surface area (Å²) >= 11 is 0. The Morgan fingerprint density at radius 2 is 1.83 bits per heavy atom. The van der Waals surface area contributed by atoms with Gasteiger partial charge in [0, 0.05) is 5.69 Å². The first-order valence-electron chi connectivity index (χ1n) is 8.36. The summed E-state index contributed by atoms with van der Waals surface area (Å²) in [5, 5.41) is 34.3. The topological polar surface area (TPSA) is 172 Å². The number of aromatic carboxylic acids is 1. The van der Waals surface area contributed by atoms with Crippen LogP contribution >= 0.6 is 0 Å². The molecule has 0 aliphatic rings. The molecule has 2 unspecified atom stereocenters. The van der Waals surface area contributed by atoms with Crippen molar-refractivity contribution in [2.24, 2.45) is 15.4 Å². The molecule has 2 atom stereocenters. The van der Waals surface area contributed by atoms with E-state index in [4.69, 9.17) is 5.14 Å².